The van der Waals surface area contributed by atoms with Crippen molar-refractivity contribution in [3.8, 4) is 0 Å². The number of piperidine rings is 1. The Morgan fingerprint density at radius 2 is 2.23 bits per heavy atom. The normalized spacial score (nSPS) is 20.0. The Balaban J connectivity index is 0.00000176. The Hall–Kier alpha value is -0.860. The number of fused-ring (bicyclic) bond motifs is 1. The molecule has 1 aliphatic rings. The number of aromatic nitrogens is 2. The van der Waals surface area contributed by atoms with Crippen LogP contribution >= 0.6 is 24.0 Å². The van der Waals surface area contributed by atoms with Gasteiger partial charge in [-0.25, -0.2) is 13.4 Å². The van der Waals surface area contributed by atoms with Crippen LogP contribution in [0.5, 0.6) is 0 Å². The van der Waals surface area contributed by atoms with Crippen molar-refractivity contribution in [1.29, 1.82) is 0 Å². The van der Waals surface area contributed by atoms with Crippen LogP contribution in [0.1, 0.15) is 19.3 Å². The van der Waals surface area contributed by atoms with Gasteiger partial charge in [-0.3, -0.25) is 0 Å². The largest absolute Gasteiger partial charge is 0.345 e. The molecule has 1 aliphatic heterocycles. The highest BCUT2D eigenvalue weighted by atomic mass is 35.5. The van der Waals surface area contributed by atoms with Gasteiger partial charge in [-0.1, -0.05) is 18.0 Å². The van der Waals surface area contributed by atoms with E-state index in [2.05, 4.69) is 9.97 Å². The molecular formula is C13H18Cl2N4O2S. The number of hydrogen-bond acceptors (Lipinski definition) is 4. The molecule has 1 saturated heterocycles. The molecule has 3 heterocycles. The number of rotatable bonds is 3. The van der Waals surface area contributed by atoms with Gasteiger partial charge in [0, 0.05) is 31.5 Å². The number of halogens is 2. The van der Waals surface area contributed by atoms with E-state index in [4.69, 9.17) is 17.3 Å². The number of H-pyrrole nitrogens is 1. The Morgan fingerprint density at radius 3 is 2.95 bits per heavy atom. The Labute approximate surface area is 140 Å². The summed E-state index contributed by atoms with van der Waals surface area (Å²) in [6, 6.07) is 1.44. The first kappa shape index (κ1) is 17.5. The first-order valence-electron chi connectivity index (χ1n) is 6.89. The van der Waals surface area contributed by atoms with Crippen molar-refractivity contribution < 1.29 is 8.42 Å². The molecule has 0 amide bonds. The topological polar surface area (TPSA) is 92.1 Å². The minimum absolute atomic E-state index is 0. The second-order valence-electron chi connectivity index (χ2n) is 5.17. The van der Waals surface area contributed by atoms with E-state index < -0.39 is 10.0 Å². The summed E-state index contributed by atoms with van der Waals surface area (Å²) in [6.45, 7) is 0.822. The molecule has 9 heteroatoms. The van der Waals surface area contributed by atoms with Crippen molar-refractivity contribution in [2.24, 2.45) is 5.73 Å². The second kappa shape index (κ2) is 6.72. The van der Waals surface area contributed by atoms with Crippen molar-refractivity contribution in [1.82, 2.24) is 14.3 Å². The average Bonchev–Trinajstić information content (AvgIpc) is 2.93. The lowest BCUT2D eigenvalue weighted by Crippen LogP contribution is -2.47. The zero-order valence-corrected chi connectivity index (χ0v) is 14.2. The summed E-state index contributed by atoms with van der Waals surface area (Å²) >= 11 is 6.15. The van der Waals surface area contributed by atoms with Gasteiger partial charge in [0.2, 0.25) is 10.0 Å². The van der Waals surface area contributed by atoms with Crippen molar-refractivity contribution in [3.05, 3.63) is 23.5 Å². The van der Waals surface area contributed by atoms with Crippen LogP contribution in [-0.2, 0) is 10.0 Å². The number of hydrogen-bond donors (Lipinski definition) is 2. The number of pyridine rings is 1. The highest BCUT2D eigenvalue weighted by Crippen LogP contribution is 2.32. The molecule has 0 spiro atoms. The van der Waals surface area contributed by atoms with E-state index in [9.17, 15) is 8.42 Å². The minimum Gasteiger partial charge on any atom is -0.345 e. The van der Waals surface area contributed by atoms with E-state index in [1.54, 1.807) is 12.3 Å². The van der Waals surface area contributed by atoms with Crippen LogP contribution in [0.25, 0.3) is 11.0 Å². The van der Waals surface area contributed by atoms with Gasteiger partial charge in [-0.2, -0.15) is 4.31 Å². The van der Waals surface area contributed by atoms with E-state index in [0.717, 1.165) is 19.3 Å². The maximum atomic E-state index is 12.9. The third-order valence-corrected chi connectivity index (χ3v) is 6.21. The first-order valence-corrected chi connectivity index (χ1v) is 8.71. The summed E-state index contributed by atoms with van der Waals surface area (Å²) in [6.07, 6.45) is 5.65. The van der Waals surface area contributed by atoms with E-state index in [0.29, 0.717) is 29.1 Å². The van der Waals surface area contributed by atoms with E-state index in [1.165, 1.54) is 10.5 Å². The molecule has 3 N–H and O–H groups in total. The van der Waals surface area contributed by atoms with Crippen LogP contribution in [-0.4, -0.2) is 41.8 Å². The van der Waals surface area contributed by atoms with Gasteiger partial charge < -0.3 is 10.7 Å². The lowest BCUT2D eigenvalue weighted by molar-refractivity contribution is 0.258. The number of nitrogens with two attached hydrogens (primary N) is 1. The number of nitrogens with zero attached hydrogens (tertiary/aromatic N) is 2. The third-order valence-electron chi connectivity index (χ3n) is 3.92. The molecule has 3 rings (SSSR count). The van der Waals surface area contributed by atoms with Crippen molar-refractivity contribution in [2.45, 2.75) is 30.2 Å². The highest BCUT2D eigenvalue weighted by Gasteiger charge is 2.34. The molecule has 1 atom stereocenters. The van der Waals surface area contributed by atoms with Crippen molar-refractivity contribution in [3.63, 3.8) is 0 Å². The van der Waals surface area contributed by atoms with E-state index >= 15 is 0 Å². The predicted molar refractivity (Wildman–Crippen MR) is 88.9 cm³/mol. The SMILES string of the molecule is Cl.NCC1CCCCN1S(=O)(=O)c1c[nH]c2nccc(Cl)c12. The van der Waals surface area contributed by atoms with E-state index in [-0.39, 0.29) is 23.3 Å². The van der Waals surface area contributed by atoms with Crippen LogP contribution in [0.2, 0.25) is 5.02 Å². The molecule has 122 valence electrons. The fourth-order valence-electron chi connectivity index (χ4n) is 2.84. The number of aromatic amines is 1. The van der Waals surface area contributed by atoms with Gasteiger partial charge in [-0.05, 0) is 18.9 Å². The quantitative estimate of drug-likeness (QED) is 0.872. The minimum atomic E-state index is -3.63. The maximum absolute atomic E-state index is 12.9. The van der Waals surface area contributed by atoms with Crippen molar-refractivity contribution in [2.75, 3.05) is 13.1 Å². The van der Waals surface area contributed by atoms with Crippen LogP contribution in [0, 0.1) is 0 Å². The predicted octanol–water partition coefficient (Wildman–Crippen LogP) is 2.14. The average molecular weight is 365 g/mol. The highest BCUT2D eigenvalue weighted by molar-refractivity contribution is 7.89. The third kappa shape index (κ3) is 2.83. The standard InChI is InChI=1S/C13H17ClN4O2S.ClH/c14-10-4-5-16-13-12(10)11(8-17-13)21(19,20)18-6-2-1-3-9(18)7-15;/h4-5,8-9H,1-3,6-7,15H2,(H,16,17);1H. The monoisotopic (exact) mass is 364 g/mol. The molecule has 0 aliphatic carbocycles. The smallest absolute Gasteiger partial charge is 0.245 e. The van der Waals surface area contributed by atoms with Gasteiger partial charge >= 0.3 is 0 Å². The van der Waals surface area contributed by atoms with Crippen LogP contribution in [0.15, 0.2) is 23.4 Å². The van der Waals surface area contributed by atoms with Crippen LogP contribution < -0.4 is 5.73 Å². The fourth-order valence-corrected chi connectivity index (χ4v) is 5.03. The molecule has 0 bridgehead atoms. The van der Waals surface area contributed by atoms with Gasteiger partial charge in [0.1, 0.15) is 10.5 Å². The van der Waals surface area contributed by atoms with E-state index in [1.807, 2.05) is 0 Å². The molecule has 2 aromatic rings. The lowest BCUT2D eigenvalue weighted by Gasteiger charge is -2.33. The number of sulfonamides is 1. The second-order valence-corrected chi connectivity index (χ2v) is 7.44. The van der Waals surface area contributed by atoms with Crippen LogP contribution in [0.3, 0.4) is 0 Å². The van der Waals surface area contributed by atoms with Gasteiger partial charge in [-0.15, -0.1) is 12.4 Å². The first-order chi connectivity index (χ1) is 10.1. The van der Waals surface area contributed by atoms with Crippen LogP contribution in [0.4, 0.5) is 0 Å². The molecule has 22 heavy (non-hydrogen) atoms. The molecular weight excluding hydrogens is 347 g/mol. The molecule has 1 unspecified atom stereocenters. The molecule has 2 aromatic heterocycles. The molecule has 1 fully saturated rings. The maximum Gasteiger partial charge on any atom is 0.245 e. The zero-order valence-electron chi connectivity index (χ0n) is 11.8. The van der Waals surface area contributed by atoms with Gasteiger partial charge in [0.25, 0.3) is 0 Å². The fraction of sp³-hybridized carbons (Fsp3) is 0.462. The summed E-state index contributed by atoms with van der Waals surface area (Å²) < 4.78 is 27.4. The molecule has 0 saturated carbocycles. The summed E-state index contributed by atoms with van der Waals surface area (Å²) in [5.74, 6) is 0. The zero-order chi connectivity index (χ0) is 15.0. The van der Waals surface area contributed by atoms with Gasteiger partial charge in [0.15, 0.2) is 0 Å². The summed E-state index contributed by atoms with van der Waals surface area (Å²) in [5.41, 5.74) is 6.21. The molecule has 0 radical (unpaired) electrons. The summed E-state index contributed by atoms with van der Waals surface area (Å²) in [4.78, 5) is 7.16. The summed E-state index contributed by atoms with van der Waals surface area (Å²) in [5, 5.41) is 0.821. The number of nitrogens with one attached hydrogen (secondary N) is 1. The Kier molecular flexibility index (Phi) is 5.34. The summed E-state index contributed by atoms with van der Waals surface area (Å²) in [7, 11) is -3.63. The van der Waals surface area contributed by atoms with Crippen molar-refractivity contribution >= 4 is 45.1 Å². The van der Waals surface area contributed by atoms with Gasteiger partial charge in [0.05, 0.1) is 10.4 Å². The molecule has 0 aromatic carbocycles. The lowest BCUT2D eigenvalue weighted by atomic mass is 10.1. The molecule has 6 nitrogen and oxygen atoms in total. The Bertz CT molecular complexity index is 762. The Morgan fingerprint density at radius 1 is 1.45 bits per heavy atom.